The third-order valence-corrected chi connectivity index (χ3v) is 4.03. The minimum Gasteiger partial charge on any atom is -0.327 e. The predicted octanol–water partition coefficient (Wildman–Crippen LogP) is 2.00. The molecule has 0 saturated heterocycles. The van der Waals surface area contributed by atoms with E-state index in [1.807, 2.05) is 41.2 Å². The van der Waals surface area contributed by atoms with E-state index < -0.39 is 0 Å². The molecule has 1 aromatic heterocycles. The lowest BCUT2D eigenvalue weighted by molar-refractivity contribution is -0.120. The first-order valence-electron chi connectivity index (χ1n) is 7.35. The maximum Gasteiger partial charge on any atom is 0.229 e. The van der Waals surface area contributed by atoms with E-state index in [9.17, 15) is 4.79 Å². The minimum absolute atomic E-state index is 0.00379. The summed E-state index contributed by atoms with van der Waals surface area (Å²) in [5.41, 5.74) is 7.93. The fourth-order valence-corrected chi connectivity index (χ4v) is 2.82. The highest BCUT2D eigenvalue weighted by molar-refractivity contribution is 5.93. The fraction of sp³-hybridized carbons (Fsp3) is 0.375. The third kappa shape index (κ3) is 3.31. The van der Waals surface area contributed by atoms with Crippen molar-refractivity contribution >= 4 is 11.6 Å². The lowest BCUT2D eigenvalue weighted by Gasteiger charge is -2.15. The van der Waals surface area contributed by atoms with Crippen LogP contribution in [-0.2, 0) is 11.3 Å². The van der Waals surface area contributed by atoms with Gasteiger partial charge >= 0.3 is 0 Å². The summed E-state index contributed by atoms with van der Waals surface area (Å²) in [7, 11) is 0. The van der Waals surface area contributed by atoms with Crippen LogP contribution < -0.4 is 11.1 Å². The number of amides is 1. The number of nitrogens with zero attached hydrogens (tertiary/aromatic N) is 2. The lowest BCUT2D eigenvalue weighted by Crippen LogP contribution is -2.34. The molecule has 1 fully saturated rings. The first kappa shape index (κ1) is 13.8. The van der Waals surface area contributed by atoms with Crippen molar-refractivity contribution in [2.75, 3.05) is 5.32 Å². The number of nitrogens with two attached hydrogens (primary N) is 1. The van der Waals surface area contributed by atoms with Gasteiger partial charge in [-0.05, 0) is 36.6 Å². The van der Waals surface area contributed by atoms with E-state index in [2.05, 4.69) is 10.4 Å². The summed E-state index contributed by atoms with van der Waals surface area (Å²) in [4.78, 5) is 12.2. The molecule has 2 unspecified atom stereocenters. The molecule has 0 bridgehead atoms. The zero-order valence-corrected chi connectivity index (χ0v) is 11.9. The third-order valence-electron chi connectivity index (χ3n) is 4.03. The van der Waals surface area contributed by atoms with Crippen molar-refractivity contribution in [2.24, 2.45) is 11.7 Å². The zero-order chi connectivity index (χ0) is 14.7. The summed E-state index contributed by atoms with van der Waals surface area (Å²) >= 11 is 0. The molecule has 1 aliphatic carbocycles. The molecule has 2 atom stereocenters. The van der Waals surface area contributed by atoms with Crippen molar-refractivity contribution in [1.82, 2.24) is 9.78 Å². The van der Waals surface area contributed by atoms with Gasteiger partial charge in [0.2, 0.25) is 5.91 Å². The molecular formula is C16H20N4O. The van der Waals surface area contributed by atoms with Crippen LogP contribution in [0, 0.1) is 5.92 Å². The number of carbonyl (C=O) groups is 1. The van der Waals surface area contributed by atoms with E-state index in [4.69, 9.17) is 5.73 Å². The van der Waals surface area contributed by atoms with Crippen molar-refractivity contribution in [1.29, 1.82) is 0 Å². The molecule has 1 aromatic carbocycles. The van der Waals surface area contributed by atoms with E-state index in [0.29, 0.717) is 0 Å². The molecule has 2 aromatic rings. The van der Waals surface area contributed by atoms with Crippen LogP contribution in [0.3, 0.4) is 0 Å². The molecular weight excluding hydrogens is 264 g/mol. The molecule has 0 aliphatic heterocycles. The van der Waals surface area contributed by atoms with Crippen LogP contribution in [0.1, 0.15) is 24.8 Å². The summed E-state index contributed by atoms with van der Waals surface area (Å²) < 4.78 is 1.87. The summed E-state index contributed by atoms with van der Waals surface area (Å²) in [6.07, 6.45) is 6.57. The van der Waals surface area contributed by atoms with Gasteiger partial charge in [0.15, 0.2) is 0 Å². The molecule has 3 rings (SSSR count). The Morgan fingerprint density at radius 1 is 1.33 bits per heavy atom. The van der Waals surface area contributed by atoms with Crippen LogP contribution in [0.25, 0.3) is 0 Å². The number of nitrogens with one attached hydrogen (secondary N) is 1. The number of anilines is 1. The molecule has 1 amide bonds. The number of hydrogen-bond donors (Lipinski definition) is 2. The second-order valence-corrected chi connectivity index (χ2v) is 5.59. The van der Waals surface area contributed by atoms with Gasteiger partial charge in [0.1, 0.15) is 0 Å². The first-order chi connectivity index (χ1) is 10.2. The van der Waals surface area contributed by atoms with Crippen molar-refractivity contribution < 1.29 is 4.79 Å². The topological polar surface area (TPSA) is 72.9 Å². The molecule has 1 heterocycles. The van der Waals surface area contributed by atoms with E-state index in [1.165, 1.54) is 0 Å². The van der Waals surface area contributed by atoms with Crippen molar-refractivity contribution in [2.45, 2.75) is 31.8 Å². The van der Waals surface area contributed by atoms with Gasteiger partial charge in [0.05, 0.1) is 12.5 Å². The highest BCUT2D eigenvalue weighted by Gasteiger charge is 2.30. The van der Waals surface area contributed by atoms with Crippen LogP contribution in [0.2, 0.25) is 0 Å². The smallest absolute Gasteiger partial charge is 0.229 e. The largest absolute Gasteiger partial charge is 0.327 e. The van der Waals surface area contributed by atoms with Gasteiger partial charge in [-0.2, -0.15) is 5.10 Å². The normalized spacial score (nSPS) is 21.4. The number of hydrogen-bond acceptors (Lipinski definition) is 3. The molecule has 0 spiro atoms. The first-order valence-corrected chi connectivity index (χ1v) is 7.35. The predicted molar refractivity (Wildman–Crippen MR) is 81.7 cm³/mol. The quantitative estimate of drug-likeness (QED) is 0.902. The van der Waals surface area contributed by atoms with Crippen LogP contribution >= 0.6 is 0 Å². The minimum atomic E-state index is -0.0475. The van der Waals surface area contributed by atoms with Crippen LogP contribution in [0.5, 0.6) is 0 Å². The summed E-state index contributed by atoms with van der Waals surface area (Å²) in [6, 6.07) is 9.77. The fourth-order valence-electron chi connectivity index (χ4n) is 2.82. The molecule has 3 N–H and O–H groups in total. The molecule has 1 saturated carbocycles. The average Bonchev–Trinajstić information content (AvgIpc) is 3.12. The highest BCUT2D eigenvalue weighted by Crippen LogP contribution is 2.25. The Morgan fingerprint density at radius 3 is 2.76 bits per heavy atom. The second kappa shape index (κ2) is 6.10. The Morgan fingerprint density at radius 2 is 2.14 bits per heavy atom. The molecule has 110 valence electrons. The van der Waals surface area contributed by atoms with Crippen LogP contribution in [0.4, 0.5) is 5.69 Å². The van der Waals surface area contributed by atoms with Gasteiger partial charge < -0.3 is 11.1 Å². The Labute approximate surface area is 124 Å². The van der Waals surface area contributed by atoms with Gasteiger partial charge in [0.25, 0.3) is 0 Å². The van der Waals surface area contributed by atoms with Crippen molar-refractivity contribution in [3.63, 3.8) is 0 Å². The van der Waals surface area contributed by atoms with Gasteiger partial charge in [-0.3, -0.25) is 9.48 Å². The SMILES string of the molecule is NC1CCCC1C(=O)Nc1ccc(Cn2cccn2)cc1. The van der Waals surface area contributed by atoms with E-state index in [-0.39, 0.29) is 17.9 Å². The molecule has 5 heteroatoms. The number of rotatable bonds is 4. The molecule has 0 radical (unpaired) electrons. The maximum absolute atomic E-state index is 12.2. The van der Waals surface area contributed by atoms with Crippen LogP contribution in [-0.4, -0.2) is 21.7 Å². The number of benzene rings is 1. The summed E-state index contributed by atoms with van der Waals surface area (Å²) in [6.45, 7) is 0.731. The van der Waals surface area contributed by atoms with Gasteiger partial charge in [-0.25, -0.2) is 0 Å². The second-order valence-electron chi connectivity index (χ2n) is 5.59. The standard InChI is InChI=1S/C16H20N4O/c17-15-4-1-3-14(15)16(21)19-13-7-5-12(6-8-13)11-20-10-2-9-18-20/h2,5-10,14-15H,1,3-4,11,17H2,(H,19,21). The highest BCUT2D eigenvalue weighted by atomic mass is 16.1. The molecule has 21 heavy (non-hydrogen) atoms. The van der Waals surface area contributed by atoms with Gasteiger partial charge in [-0.1, -0.05) is 18.6 Å². The van der Waals surface area contributed by atoms with Gasteiger partial charge in [-0.15, -0.1) is 0 Å². The Balaban J connectivity index is 1.60. The van der Waals surface area contributed by atoms with Gasteiger partial charge in [0, 0.05) is 24.1 Å². The van der Waals surface area contributed by atoms with Crippen molar-refractivity contribution in [3.8, 4) is 0 Å². The zero-order valence-electron chi connectivity index (χ0n) is 11.9. The number of carbonyl (C=O) groups excluding carboxylic acids is 1. The Kier molecular flexibility index (Phi) is 4.01. The average molecular weight is 284 g/mol. The van der Waals surface area contributed by atoms with E-state index >= 15 is 0 Å². The number of aromatic nitrogens is 2. The van der Waals surface area contributed by atoms with Crippen LogP contribution in [0.15, 0.2) is 42.7 Å². The Hall–Kier alpha value is -2.14. The lowest BCUT2D eigenvalue weighted by atomic mass is 10.0. The Bertz CT molecular complexity index is 591. The monoisotopic (exact) mass is 284 g/mol. The summed E-state index contributed by atoms with van der Waals surface area (Å²) in [5, 5.41) is 7.13. The van der Waals surface area contributed by atoms with E-state index in [0.717, 1.165) is 37.1 Å². The molecule has 1 aliphatic rings. The van der Waals surface area contributed by atoms with Crippen molar-refractivity contribution in [3.05, 3.63) is 48.3 Å². The van der Waals surface area contributed by atoms with E-state index in [1.54, 1.807) is 6.20 Å². The molecule has 5 nitrogen and oxygen atoms in total. The maximum atomic E-state index is 12.2. The summed E-state index contributed by atoms with van der Waals surface area (Å²) in [5.74, 6) is -0.00595.